The number of carbonyl (C=O) groups is 2. The molecule has 2 amide bonds. The molecule has 174 valence electrons. The van der Waals surface area contributed by atoms with Gasteiger partial charge in [-0.15, -0.1) is 0 Å². The molecule has 1 aliphatic heterocycles. The van der Waals surface area contributed by atoms with E-state index in [1.54, 1.807) is 39.8 Å². The molecule has 9 nitrogen and oxygen atoms in total. The molecule has 1 atom stereocenters. The Labute approximate surface area is 188 Å². The molecule has 1 aromatic rings. The lowest BCUT2D eigenvalue weighted by molar-refractivity contribution is -0.134. The minimum absolute atomic E-state index is 0.0810. The number of benzene rings is 1. The van der Waals surface area contributed by atoms with Gasteiger partial charge in [0.15, 0.2) is 0 Å². The van der Waals surface area contributed by atoms with Gasteiger partial charge in [-0.2, -0.15) is 11.8 Å². The first kappa shape index (κ1) is 25.3. The van der Waals surface area contributed by atoms with Crippen LogP contribution in [0.1, 0.15) is 23.7 Å². The summed E-state index contributed by atoms with van der Waals surface area (Å²) in [4.78, 5) is 29.2. The topological polar surface area (TPSA) is 105 Å². The predicted octanol–water partition coefficient (Wildman–Crippen LogP) is 1.05. The van der Waals surface area contributed by atoms with Crippen molar-refractivity contribution in [2.24, 2.45) is 0 Å². The van der Waals surface area contributed by atoms with Crippen LogP contribution in [-0.2, 0) is 14.8 Å². The molecule has 2 rings (SSSR count). The molecule has 0 spiro atoms. The summed E-state index contributed by atoms with van der Waals surface area (Å²) in [5, 5.41) is 0. The van der Waals surface area contributed by atoms with Crippen molar-refractivity contribution in [2.75, 3.05) is 58.2 Å². The monoisotopic (exact) mass is 473 g/mol. The van der Waals surface area contributed by atoms with E-state index < -0.39 is 16.1 Å². The largest absolute Gasteiger partial charge is 0.497 e. The average molecular weight is 474 g/mol. The summed E-state index contributed by atoms with van der Waals surface area (Å²) in [5.41, 5.74) is 0.449. The number of piperazine rings is 1. The van der Waals surface area contributed by atoms with E-state index in [4.69, 9.17) is 9.47 Å². The van der Waals surface area contributed by atoms with Gasteiger partial charge in [-0.05, 0) is 37.5 Å². The maximum absolute atomic E-state index is 13.0. The SMILES string of the molecule is CCS(=O)(=O)NC(CCSC)C(=O)N1CCN(C(=O)c2cc(OC)cc(OC)c2)CC1. The van der Waals surface area contributed by atoms with E-state index in [0.717, 1.165) is 0 Å². The Hall–Kier alpha value is -1.98. The van der Waals surface area contributed by atoms with Crippen molar-refractivity contribution in [2.45, 2.75) is 19.4 Å². The van der Waals surface area contributed by atoms with E-state index in [-0.39, 0.29) is 17.6 Å². The quantitative estimate of drug-likeness (QED) is 0.541. The zero-order valence-corrected chi connectivity index (χ0v) is 20.1. The van der Waals surface area contributed by atoms with E-state index in [0.29, 0.717) is 55.4 Å². The van der Waals surface area contributed by atoms with Crippen LogP contribution in [0.5, 0.6) is 11.5 Å². The van der Waals surface area contributed by atoms with Gasteiger partial charge in [0.25, 0.3) is 5.91 Å². The van der Waals surface area contributed by atoms with Gasteiger partial charge >= 0.3 is 0 Å². The summed E-state index contributed by atoms with van der Waals surface area (Å²) in [7, 11) is -0.458. The molecular formula is C20H31N3O6S2. The van der Waals surface area contributed by atoms with Crippen molar-refractivity contribution < 1.29 is 27.5 Å². The fourth-order valence-electron chi connectivity index (χ4n) is 3.23. The van der Waals surface area contributed by atoms with Crippen molar-refractivity contribution in [1.82, 2.24) is 14.5 Å². The third-order valence-electron chi connectivity index (χ3n) is 5.09. The molecule has 1 aromatic carbocycles. The summed E-state index contributed by atoms with van der Waals surface area (Å²) >= 11 is 1.56. The number of hydrogen-bond donors (Lipinski definition) is 1. The van der Waals surface area contributed by atoms with Gasteiger partial charge in [0.05, 0.1) is 20.0 Å². The highest BCUT2D eigenvalue weighted by molar-refractivity contribution is 7.98. The zero-order valence-electron chi connectivity index (χ0n) is 18.4. The van der Waals surface area contributed by atoms with E-state index in [1.807, 2.05) is 6.26 Å². The number of hydrogen-bond acceptors (Lipinski definition) is 7. The number of methoxy groups -OCH3 is 2. The van der Waals surface area contributed by atoms with Crippen LogP contribution >= 0.6 is 11.8 Å². The molecule has 1 N–H and O–H groups in total. The molecule has 0 aromatic heterocycles. The smallest absolute Gasteiger partial charge is 0.254 e. The Morgan fingerprint density at radius 3 is 2.10 bits per heavy atom. The lowest BCUT2D eigenvalue weighted by Crippen LogP contribution is -2.56. The molecule has 1 saturated heterocycles. The Morgan fingerprint density at radius 2 is 1.61 bits per heavy atom. The van der Waals surface area contributed by atoms with Crippen molar-refractivity contribution >= 4 is 33.6 Å². The van der Waals surface area contributed by atoms with Crippen LogP contribution in [0.25, 0.3) is 0 Å². The second kappa shape index (κ2) is 11.6. The number of rotatable bonds is 10. The zero-order chi connectivity index (χ0) is 23.0. The first-order valence-electron chi connectivity index (χ1n) is 10.0. The van der Waals surface area contributed by atoms with Crippen LogP contribution in [0.15, 0.2) is 18.2 Å². The van der Waals surface area contributed by atoms with E-state index >= 15 is 0 Å². The minimum atomic E-state index is -3.50. The summed E-state index contributed by atoms with van der Waals surface area (Å²) in [5.74, 6) is 1.21. The Morgan fingerprint density at radius 1 is 1.06 bits per heavy atom. The van der Waals surface area contributed by atoms with Gasteiger partial charge in [0.1, 0.15) is 17.5 Å². The molecule has 1 fully saturated rings. The van der Waals surface area contributed by atoms with Gasteiger partial charge in [-0.1, -0.05) is 0 Å². The van der Waals surface area contributed by atoms with E-state index in [1.165, 1.54) is 21.1 Å². The van der Waals surface area contributed by atoms with Gasteiger partial charge in [-0.25, -0.2) is 13.1 Å². The van der Waals surface area contributed by atoms with Crippen molar-refractivity contribution in [1.29, 1.82) is 0 Å². The molecule has 1 aliphatic rings. The van der Waals surface area contributed by atoms with E-state index in [9.17, 15) is 18.0 Å². The summed E-state index contributed by atoms with van der Waals surface area (Å²) < 4.78 is 37.0. The van der Waals surface area contributed by atoms with Crippen molar-refractivity contribution in [3.05, 3.63) is 23.8 Å². The molecule has 0 aliphatic carbocycles. The molecule has 1 heterocycles. The fraction of sp³-hybridized carbons (Fsp3) is 0.600. The number of amides is 2. The van der Waals surface area contributed by atoms with Crippen LogP contribution in [0.4, 0.5) is 0 Å². The van der Waals surface area contributed by atoms with Crippen molar-refractivity contribution in [3.63, 3.8) is 0 Å². The molecule has 11 heteroatoms. The number of nitrogens with zero attached hydrogens (tertiary/aromatic N) is 2. The van der Waals surface area contributed by atoms with Crippen LogP contribution < -0.4 is 14.2 Å². The summed E-state index contributed by atoms with van der Waals surface area (Å²) in [6.07, 6.45) is 2.33. The molecule has 0 saturated carbocycles. The molecule has 0 bridgehead atoms. The van der Waals surface area contributed by atoms with Crippen molar-refractivity contribution in [3.8, 4) is 11.5 Å². The average Bonchev–Trinajstić information content (AvgIpc) is 2.80. The number of nitrogens with one attached hydrogen (secondary N) is 1. The standard InChI is InChI=1S/C20H31N3O6S2/c1-5-31(26,27)21-18(6-11-30-4)20(25)23-9-7-22(8-10-23)19(24)15-12-16(28-2)14-17(13-15)29-3/h12-14,18,21H,5-11H2,1-4H3. The molecule has 1 unspecified atom stereocenters. The maximum atomic E-state index is 13.0. The number of carbonyl (C=O) groups excluding carboxylic acids is 2. The second-order valence-corrected chi connectivity index (χ2v) is 10.1. The Bertz CT molecular complexity index is 847. The van der Waals surface area contributed by atoms with Crippen LogP contribution in [0.3, 0.4) is 0 Å². The molecule has 31 heavy (non-hydrogen) atoms. The highest BCUT2D eigenvalue weighted by Crippen LogP contribution is 2.24. The number of thioether (sulfide) groups is 1. The summed E-state index contributed by atoms with van der Waals surface area (Å²) in [6.45, 7) is 2.95. The van der Waals surface area contributed by atoms with Crippen LogP contribution in [-0.4, -0.2) is 94.2 Å². The minimum Gasteiger partial charge on any atom is -0.497 e. The first-order valence-corrected chi connectivity index (χ1v) is 13.1. The Kier molecular flexibility index (Phi) is 9.45. The highest BCUT2D eigenvalue weighted by Gasteiger charge is 2.31. The van der Waals surface area contributed by atoms with Gasteiger partial charge in [0, 0.05) is 37.8 Å². The van der Waals surface area contributed by atoms with Gasteiger partial charge in [-0.3, -0.25) is 9.59 Å². The first-order chi connectivity index (χ1) is 14.7. The molecular weight excluding hydrogens is 442 g/mol. The Balaban J connectivity index is 2.04. The van der Waals surface area contributed by atoms with Gasteiger partial charge < -0.3 is 19.3 Å². The second-order valence-electron chi connectivity index (χ2n) is 7.07. The predicted molar refractivity (Wildman–Crippen MR) is 121 cm³/mol. The van der Waals surface area contributed by atoms with E-state index in [2.05, 4.69) is 4.72 Å². The maximum Gasteiger partial charge on any atom is 0.254 e. The van der Waals surface area contributed by atoms with Gasteiger partial charge in [0.2, 0.25) is 15.9 Å². The van der Waals surface area contributed by atoms with Crippen LogP contribution in [0, 0.1) is 0 Å². The lowest BCUT2D eigenvalue weighted by atomic mass is 10.1. The number of sulfonamides is 1. The number of ether oxygens (including phenoxy) is 2. The highest BCUT2D eigenvalue weighted by atomic mass is 32.2. The summed E-state index contributed by atoms with van der Waals surface area (Å²) in [6, 6.07) is 4.21. The van der Waals surface area contributed by atoms with Crippen LogP contribution in [0.2, 0.25) is 0 Å². The lowest BCUT2D eigenvalue weighted by Gasteiger charge is -2.36. The fourth-order valence-corrected chi connectivity index (χ4v) is 4.52. The third-order valence-corrected chi connectivity index (χ3v) is 7.14. The third kappa shape index (κ3) is 7.01. The molecule has 0 radical (unpaired) electrons. The normalized spacial score (nSPS) is 15.5.